The van der Waals surface area contributed by atoms with Crippen LogP contribution in [0, 0.1) is 0 Å². The molecule has 4 rings (SSSR count). The maximum Gasteiger partial charge on any atom is 0.163 e. The first-order chi connectivity index (χ1) is 12.3. The molecule has 1 aliphatic heterocycles. The van der Waals surface area contributed by atoms with Crippen molar-refractivity contribution in [2.75, 3.05) is 13.2 Å². The lowest BCUT2D eigenvalue weighted by molar-refractivity contribution is 0.0443. The van der Waals surface area contributed by atoms with Crippen molar-refractivity contribution in [3.63, 3.8) is 0 Å². The Morgan fingerprint density at radius 3 is 2.88 bits per heavy atom. The number of ether oxygens (including phenoxy) is 3. The SMILES string of the molecule is Clc1ncnc2cc3c(cc12)OC(CCOCc1ccccc1)CO3. The number of hydrogen-bond acceptors (Lipinski definition) is 5. The molecular weight excluding hydrogens is 340 g/mol. The molecule has 0 saturated heterocycles. The van der Waals surface area contributed by atoms with E-state index in [2.05, 4.69) is 9.97 Å². The molecular formula is C19H17ClN2O3. The summed E-state index contributed by atoms with van der Waals surface area (Å²) in [6.45, 7) is 1.70. The Labute approximate surface area is 150 Å². The van der Waals surface area contributed by atoms with Crippen molar-refractivity contribution < 1.29 is 14.2 Å². The molecule has 5 nitrogen and oxygen atoms in total. The normalized spacial score (nSPS) is 16.1. The zero-order valence-corrected chi connectivity index (χ0v) is 14.3. The fourth-order valence-electron chi connectivity index (χ4n) is 2.76. The third-order valence-corrected chi connectivity index (χ3v) is 4.37. The van der Waals surface area contributed by atoms with E-state index in [1.54, 1.807) is 0 Å². The number of nitrogens with zero attached hydrogens (tertiary/aromatic N) is 2. The molecule has 0 saturated carbocycles. The smallest absolute Gasteiger partial charge is 0.163 e. The van der Waals surface area contributed by atoms with Crippen LogP contribution in [-0.4, -0.2) is 29.3 Å². The molecule has 0 amide bonds. The second kappa shape index (κ2) is 7.25. The average Bonchev–Trinajstić information content (AvgIpc) is 2.65. The van der Waals surface area contributed by atoms with E-state index in [1.807, 2.05) is 42.5 Å². The summed E-state index contributed by atoms with van der Waals surface area (Å²) in [5.41, 5.74) is 1.90. The molecule has 1 atom stereocenters. The summed E-state index contributed by atoms with van der Waals surface area (Å²) in [6, 6.07) is 13.8. The quantitative estimate of drug-likeness (QED) is 0.510. The van der Waals surface area contributed by atoms with Crippen LogP contribution in [0.4, 0.5) is 0 Å². The number of benzene rings is 2. The van der Waals surface area contributed by atoms with Crippen LogP contribution in [0.15, 0.2) is 48.8 Å². The first-order valence-corrected chi connectivity index (χ1v) is 8.53. The van der Waals surface area contributed by atoms with Crippen molar-refractivity contribution in [2.45, 2.75) is 19.1 Å². The number of hydrogen-bond donors (Lipinski definition) is 0. The van der Waals surface area contributed by atoms with Crippen LogP contribution in [0.5, 0.6) is 11.5 Å². The molecule has 1 aromatic heterocycles. The van der Waals surface area contributed by atoms with Gasteiger partial charge in [0.25, 0.3) is 0 Å². The monoisotopic (exact) mass is 356 g/mol. The predicted molar refractivity (Wildman–Crippen MR) is 95.2 cm³/mol. The largest absolute Gasteiger partial charge is 0.486 e. The van der Waals surface area contributed by atoms with Crippen molar-refractivity contribution in [1.29, 1.82) is 0 Å². The Morgan fingerprint density at radius 2 is 2.00 bits per heavy atom. The standard InChI is InChI=1S/C19H17ClN2O3/c20-19-15-8-18-17(9-16(15)21-12-22-19)24-11-14(25-18)6-7-23-10-13-4-2-1-3-5-13/h1-5,8-9,12,14H,6-7,10-11H2. The molecule has 0 N–H and O–H groups in total. The zero-order chi connectivity index (χ0) is 17.1. The Morgan fingerprint density at radius 1 is 1.12 bits per heavy atom. The lowest BCUT2D eigenvalue weighted by Gasteiger charge is -2.26. The summed E-state index contributed by atoms with van der Waals surface area (Å²) >= 11 is 6.13. The summed E-state index contributed by atoms with van der Waals surface area (Å²) in [7, 11) is 0. The van der Waals surface area contributed by atoms with Crippen molar-refractivity contribution in [3.8, 4) is 11.5 Å². The van der Waals surface area contributed by atoms with Crippen LogP contribution in [0.25, 0.3) is 10.9 Å². The van der Waals surface area contributed by atoms with E-state index in [0.29, 0.717) is 36.5 Å². The third-order valence-electron chi connectivity index (χ3n) is 4.07. The molecule has 0 bridgehead atoms. The van der Waals surface area contributed by atoms with Gasteiger partial charge in [-0.2, -0.15) is 0 Å². The highest BCUT2D eigenvalue weighted by molar-refractivity contribution is 6.34. The van der Waals surface area contributed by atoms with Gasteiger partial charge in [0, 0.05) is 17.9 Å². The van der Waals surface area contributed by atoms with E-state index in [1.165, 1.54) is 6.33 Å². The van der Waals surface area contributed by atoms with Gasteiger partial charge in [0.2, 0.25) is 0 Å². The third kappa shape index (κ3) is 3.67. The van der Waals surface area contributed by atoms with Gasteiger partial charge in [0.05, 0.1) is 18.7 Å². The van der Waals surface area contributed by atoms with Gasteiger partial charge in [-0.05, 0) is 11.6 Å². The van der Waals surface area contributed by atoms with E-state index >= 15 is 0 Å². The van der Waals surface area contributed by atoms with Crippen LogP contribution in [-0.2, 0) is 11.3 Å². The molecule has 25 heavy (non-hydrogen) atoms. The maximum atomic E-state index is 6.13. The fraction of sp³-hybridized carbons (Fsp3) is 0.263. The zero-order valence-electron chi connectivity index (χ0n) is 13.5. The van der Waals surface area contributed by atoms with E-state index in [9.17, 15) is 0 Å². The van der Waals surface area contributed by atoms with Gasteiger partial charge >= 0.3 is 0 Å². The lowest BCUT2D eigenvalue weighted by Crippen LogP contribution is -2.30. The highest BCUT2D eigenvalue weighted by Gasteiger charge is 2.22. The second-order valence-electron chi connectivity index (χ2n) is 5.86. The van der Waals surface area contributed by atoms with E-state index in [-0.39, 0.29) is 6.10 Å². The van der Waals surface area contributed by atoms with E-state index < -0.39 is 0 Å². The number of fused-ring (bicyclic) bond motifs is 2. The predicted octanol–water partition coefficient (Wildman–Crippen LogP) is 4.03. The van der Waals surface area contributed by atoms with Crippen molar-refractivity contribution in [3.05, 3.63) is 59.5 Å². The summed E-state index contributed by atoms with van der Waals surface area (Å²) < 4.78 is 17.6. The van der Waals surface area contributed by atoms with Crippen molar-refractivity contribution >= 4 is 22.5 Å². The summed E-state index contributed by atoms with van der Waals surface area (Å²) in [6.07, 6.45) is 2.14. The molecule has 3 aromatic rings. The van der Waals surface area contributed by atoms with Crippen molar-refractivity contribution in [2.24, 2.45) is 0 Å². The lowest BCUT2D eigenvalue weighted by atomic mass is 10.2. The van der Waals surface area contributed by atoms with Gasteiger partial charge in [-0.3, -0.25) is 0 Å². The van der Waals surface area contributed by atoms with Gasteiger partial charge in [-0.1, -0.05) is 41.9 Å². The molecule has 0 spiro atoms. The fourth-order valence-corrected chi connectivity index (χ4v) is 2.95. The number of halogens is 1. The maximum absolute atomic E-state index is 6.13. The minimum atomic E-state index is -0.0517. The Bertz CT molecular complexity index is 873. The van der Waals surface area contributed by atoms with Crippen LogP contribution < -0.4 is 9.47 Å². The molecule has 0 aliphatic carbocycles. The Kier molecular flexibility index (Phi) is 4.68. The van der Waals surface area contributed by atoms with E-state index in [4.69, 9.17) is 25.8 Å². The highest BCUT2D eigenvalue weighted by Crippen LogP contribution is 2.37. The van der Waals surface area contributed by atoms with Gasteiger partial charge in [0.1, 0.15) is 24.2 Å². The van der Waals surface area contributed by atoms with Gasteiger partial charge < -0.3 is 14.2 Å². The number of aromatic nitrogens is 2. The number of rotatable bonds is 5. The Balaban J connectivity index is 1.36. The average molecular weight is 357 g/mol. The van der Waals surface area contributed by atoms with Crippen molar-refractivity contribution in [1.82, 2.24) is 9.97 Å². The molecule has 1 unspecified atom stereocenters. The molecule has 2 aromatic carbocycles. The molecule has 2 heterocycles. The summed E-state index contributed by atoms with van der Waals surface area (Å²) in [4.78, 5) is 8.21. The first kappa shape index (κ1) is 16.1. The van der Waals surface area contributed by atoms with Crippen LogP contribution in [0.1, 0.15) is 12.0 Å². The van der Waals surface area contributed by atoms with E-state index in [0.717, 1.165) is 22.9 Å². The second-order valence-corrected chi connectivity index (χ2v) is 6.22. The molecule has 1 aliphatic rings. The highest BCUT2D eigenvalue weighted by atomic mass is 35.5. The summed E-state index contributed by atoms with van der Waals surface area (Å²) in [5, 5.41) is 1.16. The topological polar surface area (TPSA) is 53.5 Å². The van der Waals surface area contributed by atoms with Gasteiger partial charge in [-0.15, -0.1) is 0 Å². The molecule has 0 radical (unpaired) electrons. The minimum Gasteiger partial charge on any atom is -0.486 e. The van der Waals surface area contributed by atoms with Gasteiger partial charge in [-0.25, -0.2) is 9.97 Å². The minimum absolute atomic E-state index is 0.0517. The Hall–Kier alpha value is -2.37. The molecule has 6 heteroatoms. The molecule has 128 valence electrons. The van der Waals surface area contributed by atoms with Crippen LogP contribution in [0.2, 0.25) is 5.15 Å². The molecule has 0 fully saturated rings. The van der Waals surface area contributed by atoms with Gasteiger partial charge in [0.15, 0.2) is 11.5 Å². The van der Waals surface area contributed by atoms with Crippen LogP contribution in [0.3, 0.4) is 0 Å². The summed E-state index contributed by atoms with van der Waals surface area (Å²) in [5.74, 6) is 1.35. The van der Waals surface area contributed by atoms with Crippen LogP contribution >= 0.6 is 11.6 Å². The first-order valence-electron chi connectivity index (χ1n) is 8.15.